The molecule has 0 radical (unpaired) electrons. The summed E-state index contributed by atoms with van der Waals surface area (Å²) < 4.78 is 2.17. The molecular weight excluding hydrogens is 246 g/mol. The fourth-order valence-electron chi connectivity index (χ4n) is 3.72. The second-order valence-corrected chi connectivity index (χ2v) is 6.58. The van der Waals surface area contributed by atoms with E-state index in [9.17, 15) is 0 Å². The molecule has 1 aromatic rings. The van der Waals surface area contributed by atoms with Crippen LogP contribution in [0.4, 0.5) is 0 Å². The standard InChI is InChI=1S/C17H27N3/c1-19-11-9-18-17(19)12-16-8-5-10-20(14-16)13-15-6-3-2-4-7-15/h2-3,9,11,15-16H,4-8,10,12-14H2,1H3/t15-,16-/m1/s1. The van der Waals surface area contributed by atoms with Crippen LogP contribution in [0, 0.1) is 11.8 Å². The molecular formula is C17H27N3. The molecule has 1 aliphatic carbocycles. The second kappa shape index (κ2) is 6.57. The summed E-state index contributed by atoms with van der Waals surface area (Å²) in [6.07, 6.45) is 16.5. The SMILES string of the molecule is Cn1ccnc1C[C@H]1CCCN(C[C@@H]2CC=CCC2)C1. The summed E-state index contributed by atoms with van der Waals surface area (Å²) in [5, 5.41) is 0. The molecule has 110 valence electrons. The highest BCUT2D eigenvalue weighted by molar-refractivity contribution is 4.95. The van der Waals surface area contributed by atoms with Crippen LogP contribution in [0.1, 0.15) is 37.9 Å². The summed E-state index contributed by atoms with van der Waals surface area (Å²) in [4.78, 5) is 7.20. The van der Waals surface area contributed by atoms with Crippen molar-refractivity contribution in [3.63, 3.8) is 0 Å². The van der Waals surface area contributed by atoms with E-state index in [0.717, 1.165) is 18.3 Å². The van der Waals surface area contributed by atoms with E-state index < -0.39 is 0 Å². The highest BCUT2D eigenvalue weighted by Crippen LogP contribution is 2.24. The Balaban J connectivity index is 1.51. The lowest BCUT2D eigenvalue weighted by Crippen LogP contribution is -2.39. The Hall–Kier alpha value is -1.09. The predicted molar refractivity (Wildman–Crippen MR) is 82.6 cm³/mol. The van der Waals surface area contributed by atoms with E-state index >= 15 is 0 Å². The maximum absolute atomic E-state index is 4.49. The molecule has 1 saturated heterocycles. The van der Waals surface area contributed by atoms with Gasteiger partial charge in [-0.2, -0.15) is 0 Å². The van der Waals surface area contributed by atoms with Crippen molar-refractivity contribution in [1.29, 1.82) is 0 Å². The topological polar surface area (TPSA) is 21.1 Å². The molecule has 3 nitrogen and oxygen atoms in total. The van der Waals surface area contributed by atoms with Crippen molar-refractivity contribution < 1.29 is 0 Å². The van der Waals surface area contributed by atoms with Crippen molar-refractivity contribution in [3.8, 4) is 0 Å². The van der Waals surface area contributed by atoms with Gasteiger partial charge in [0.15, 0.2) is 0 Å². The third kappa shape index (κ3) is 3.51. The molecule has 2 atom stereocenters. The maximum Gasteiger partial charge on any atom is 0.108 e. The van der Waals surface area contributed by atoms with Gasteiger partial charge in [0.2, 0.25) is 0 Å². The minimum atomic E-state index is 0.795. The number of rotatable bonds is 4. The van der Waals surface area contributed by atoms with Crippen LogP contribution in [0.3, 0.4) is 0 Å². The molecule has 2 aliphatic rings. The molecule has 0 N–H and O–H groups in total. The number of aromatic nitrogens is 2. The van der Waals surface area contributed by atoms with Crippen LogP contribution in [-0.4, -0.2) is 34.1 Å². The third-order valence-electron chi connectivity index (χ3n) is 4.89. The summed E-state index contributed by atoms with van der Waals surface area (Å²) in [6.45, 7) is 3.88. The van der Waals surface area contributed by atoms with Crippen molar-refractivity contribution in [2.24, 2.45) is 18.9 Å². The molecule has 0 bridgehead atoms. The third-order valence-corrected chi connectivity index (χ3v) is 4.89. The molecule has 0 unspecified atom stereocenters. The first kappa shape index (κ1) is 13.9. The second-order valence-electron chi connectivity index (χ2n) is 6.58. The smallest absolute Gasteiger partial charge is 0.108 e. The van der Waals surface area contributed by atoms with Crippen LogP contribution in [0.5, 0.6) is 0 Å². The average Bonchev–Trinajstić information content (AvgIpc) is 2.86. The zero-order valence-electron chi connectivity index (χ0n) is 12.7. The van der Waals surface area contributed by atoms with Crippen molar-refractivity contribution in [3.05, 3.63) is 30.4 Å². The Morgan fingerprint density at radius 2 is 2.20 bits per heavy atom. The van der Waals surface area contributed by atoms with Gasteiger partial charge < -0.3 is 9.47 Å². The predicted octanol–water partition coefficient (Wildman–Crippen LogP) is 3.03. The molecule has 2 heterocycles. The number of likely N-dealkylation sites (tertiary alicyclic amines) is 1. The first-order valence-corrected chi connectivity index (χ1v) is 8.15. The zero-order valence-corrected chi connectivity index (χ0v) is 12.7. The molecule has 3 heteroatoms. The first-order valence-electron chi connectivity index (χ1n) is 8.15. The first-order chi connectivity index (χ1) is 9.81. The molecule has 1 fully saturated rings. The Morgan fingerprint density at radius 3 is 2.95 bits per heavy atom. The molecule has 0 spiro atoms. The van der Waals surface area contributed by atoms with Gasteiger partial charge in [-0.1, -0.05) is 12.2 Å². The quantitative estimate of drug-likeness (QED) is 0.786. The minimum absolute atomic E-state index is 0.795. The largest absolute Gasteiger partial charge is 0.338 e. The van der Waals surface area contributed by atoms with Crippen molar-refractivity contribution >= 4 is 0 Å². The summed E-state index contributed by atoms with van der Waals surface area (Å²) in [6, 6.07) is 0. The number of nitrogens with zero attached hydrogens (tertiary/aromatic N) is 3. The molecule has 20 heavy (non-hydrogen) atoms. The van der Waals surface area contributed by atoms with Gasteiger partial charge in [0, 0.05) is 39.0 Å². The van der Waals surface area contributed by atoms with Gasteiger partial charge >= 0.3 is 0 Å². The van der Waals surface area contributed by atoms with Crippen LogP contribution in [0.25, 0.3) is 0 Å². The monoisotopic (exact) mass is 273 g/mol. The number of allylic oxidation sites excluding steroid dienone is 2. The Kier molecular flexibility index (Phi) is 4.56. The molecule has 1 aliphatic heterocycles. The summed E-state index contributed by atoms with van der Waals surface area (Å²) in [7, 11) is 2.11. The lowest BCUT2D eigenvalue weighted by Gasteiger charge is -2.35. The number of hydrogen-bond donors (Lipinski definition) is 0. The highest BCUT2D eigenvalue weighted by atomic mass is 15.1. The van der Waals surface area contributed by atoms with E-state index in [1.807, 2.05) is 6.20 Å². The number of imidazole rings is 1. The van der Waals surface area contributed by atoms with Gasteiger partial charge in [-0.3, -0.25) is 0 Å². The Bertz CT molecular complexity index is 449. The zero-order chi connectivity index (χ0) is 13.8. The van der Waals surface area contributed by atoms with Gasteiger partial charge in [0.1, 0.15) is 5.82 Å². The van der Waals surface area contributed by atoms with Gasteiger partial charge in [-0.05, 0) is 50.5 Å². The summed E-state index contributed by atoms with van der Waals surface area (Å²) in [5.74, 6) is 2.94. The van der Waals surface area contributed by atoms with E-state index in [1.165, 1.54) is 57.6 Å². The minimum Gasteiger partial charge on any atom is -0.338 e. The molecule has 1 aromatic heterocycles. The van der Waals surface area contributed by atoms with Crippen LogP contribution in [0.15, 0.2) is 24.5 Å². The van der Waals surface area contributed by atoms with Gasteiger partial charge in [-0.25, -0.2) is 4.98 Å². The fraction of sp³-hybridized carbons (Fsp3) is 0.706. The Morgan fingerprint density at radius 1 is 1.25 bits per heavy atom. The van der Waals surface area contributed by atoms with Crippen LogP contribution in [0.2, 0.25) is 0 Å². The number of aryl methyl sites for hydroxylation is 1. The van der Waals surface area contributed by atoms with Crippen molar-refractivity contribution in [1.82, 2.24) is 14.5 Å². The highest BCUT2D eigenvalue weighted by Gasteiger charge is 2.23. The van der Waals surface area contributed by atoms with Crippen LogP contribution < -0.4 is 0 Å². The van der Waals surface area contributed by atoms with E-state index in [2.05, 4.69) is 39.8 Å². The lowest BCUT2D eigenvalue weighted by atomic mass is 9.90. The normalized spacial score (nSPS) is 27.9. The van der Waals surface area contributed by atoms with Crippen LogP contribution in [-0.2, 0) is 13.5 Å². The summed E-state index contributed by atoms with van der Waals surface area (Å²) >= 11 is 0. The van der Waals surface area contributed by atoms with Gasteiger partial charge in [-0.15, -0.1) is 0 Å². The van der Waals surface area contributed by atoms with E-state index in [-0.39, 0.29) is 0 Å². The van der Waals surface area contributed by atoms with E-state index in [1.54, 1.807) is 0 Å². The van der Waals surface area contributed by atoms with E-state index in [4.69, 9.17) is 0 Å². The maximum atomic E-state index is 4.49. The molecule has 0 aromatic carbocycles. The molecule has 0 saturated carbocycles. The Labute approximate surface area is 122 Å². The lowest BCUT2D eigenvalue weighted by molar-refractivity contribution is 0.146. The fourth-order valence-corrected chi connectivity index (χ4v) is 3.72. The van der Waals surface area contributed by atoms with Crippen molar-refractivity contribution in [2.45, 2.75) is 38.5 Å². The molecule has 0 amide bonds. The summed E-state index contributed by atoms with van der Waals surface area (Å²) in [5.41, 5.74) is 0. The van der Waals surface area contributed by atoms with Gasteiger partial charge in [0.05, 0.1) is 0 Å². The molecule has 3 rings (SSSR count). The van der Waals surface area contributed by atoms with Crippen molar-refractivity contribution in [2.75, 3.05) is 19.6 Å². The number of piperidine rings is 1. The average molecular weight is 273 g/mol. The van der Waals surface area contributed by atoms with Gasteiger partial charge in [0.25, 0.3) is 0 Å². The van der Waals surface area contributed by atoms with Crippen LogP contribution >= 0.6 is 0 Å². The van der Waals surface area contributed by atoms with E-state index in [0.29, 0.717) is 0 Å². The number of hydrogen-bond acceptors (Lipinski definition) is 2.